The minimum atomic E-state index is -0.616. The molecule has 0 spiro atoms. The molecule has 30 heavy (non-hydrogen) atoms. The number of hydrogen-bond acceptors (Lipinski definition) is 5. The highest BCUT2D eigenvalue weighted by Crippen LogP contribution is 2.13. The zero-order valence-corrected chi connectivity index (χ0v) is 18.4. The fraction of sp³-hybridized carbons (Fsp3) is 0.545. The van der Waals surface area contributed by atoms with Crippen molar-refractivity contribution in [2.24, 2.45) is 0 Å². The number of hydrogen-bond donors (Lipinski definition) is 1. The zero-order valence-electron chi connectivity index (χ0n) is 18.4. The van der Waals surface area contributed by atoms with Crippen LogP contribution in [0.15, 0.2) is 36.4 Å². The Kier molecular flexibility index (Phi) is 14.6. The van der Waals surface area contributed by atoms with Crippen molar-refractivity contribution >= 4 is 12.0 Å². The molecule has 0 aromatic heterocycles. The Morgan fingerprint density at radius 2 is 1.97 bits per heavy atom. The summed E-state index contributed by atoms with van der Waals surface area (Å²) in [6.07, 6.45) is 0.846. The summed E-state index contributed by atoms with van der Waals surface area (Å²) in [6.45, 7) is 16.0. The number of amides is 2. The summed E-state index contributed by atoms with van der Waals surface area (Å²) in [5, 5.41) is 2.58. The average molecular weight is 425 g/mol. The highest BCUT2D eigenvalue weighted by molar-refractivity contribution is 5.93. The number of ether oxygens (including phenoxy) is 3. The van der Waals surface area contributed by atoms with E-state index in [1.807, 2.05) is 13.8 Å². The van der Waals surface area contributed by atoms with Gasteiger partial charge in [0.25, 0.3) is 5.91 Å². The first-order valence-electron chi connectivity index (χ1n) is 9.92. The SMILES string of the molecule is C=C(F)/C=C(/OCCOCCNC(=O)OC1CCN(C(=O)C#CC)C1)C(=C)C.CC. The van der Waals surface area contributed by atoms with Crippen LogP contribution in [0.3, 0.4) is 0 Å². The molecule has 0 aromatic rings. The Morgan fingerprint density at radius 1 is 1.27 bits per heavy atom. The number of likely N-dealkylation sites (tertiary alicyclic amines) is 1. The van der Waals surface area contributed by atoms with Crippen LogP contribution in [0.25, 0.3) is 0 Å². The van der Waals surface area contributed by atoms with Gasteiger partial charge in [0.1, 0.15) is 24.3 Å². The van der Waals surface area contributed by atoms with Crippen LogP contribution < -0.4 is 5.32 Å². The lowest BCUT2D eigenvalue weighted by atomic mass is 10.2. The summed E-state index contributed by atoms with van der Waals surface area (Å²) in [5.74, 6) is 4.46. The van der Waals surface area contributed by atoms with Crippen molar-refractivity contribution in [1.82, 2.24) is 10.2 Å². The van der Waals surface area contributed by atoms with Gasteiger partial charge in [-0.05, 0) is 25.3 Å². The second-order valence-electron chi connectivity index (χ2n) is 6.07. The Labute approximate surface area is 178 Å². The van der Waals surface area contributed by atoms with Gasteiger partial charge in [-0.2, -0.15) is 0 Å². The maximum Gasteiger partial charge on any atom is 0.407 e. The van der Waals surface area contributed by atoms with Gasteiger partial charge in [-0.3, -0.25) is 4.79 Å². The molecule has 1 rings (SSSR count). The summed E-state index contributed by atoms with van der Waals surface area (Å²) in [7, 11) is 0. The van der Waals surface area contributed by atoms with E-state index in [4.69, 9.17) is 14.2 Å². The highest BCUT2D eigenvalue weighted by Gasteiger charge is 2.28. The third-order valence-electron chi connectivity index (χ3n) is 3.65. The van der Waals surface area contributed by atoms with Crippen molar-refractivity contribution in [3.05, 3.63) is 36.4 Å². The molecule has 1 saturated heterocycles. The smallest absolute Gasteiger partial charge is 0.407 e. The molecule has 1 aliphatic rings. The standard InChI is InChI=1S/C20H27FN2O5.C2H6/c1-5-6-19(24)23-9-7-17(14-23)28-20(25)22-8-10-26-11-12-27-18(15(2)3)13-16(4)21;1-2/h13,17H,2,4,7-12,14H2,1,3H3,(H,22,25);1-2H3/b18-13+;. The largest absolute Gasteiger partial charge is 0.491 e. The van der Waals surface area contributed by atoms with Gasteiger partial charge in [-0.25, -0.2) is 9.18 Å². The predicted octanol–water partition coefficient (Wildman–Crippen LogP) is 3.34. The Bertz CT molecular complexity index is 679. The van der Waals surface area contributed by atoms with E-state index in [0.717, 1.165) is 6.08 Å². The van der Waals surface area contributed by atoms with Gasteiger partial charge in [-0.1, -0.05) is 32.9 Å². The topological polar surface area (TPSA) is 77.1 Å². The quantitative estimate of drug-likeness (QED) is 0.252. The number of alkyl carbamates (subject to hydrolysis) is 1. The van der Waals surface area contributed by atoms with Crippen molar-refractivity contribution in [2.75, 3.05) is 39.5 Å². The van der Waals surface area contributed by atoms with Crippen LogP contribution in [-0.4, -0.2) is 62.5 Å². The van der Waals surface area contributed by atoms with Crippen molar-refractivity contribution < 1.29 is 28.2 Å². The van der Waals surface area contributed by atoms with Crippen LogP contribution in [0.4, 0.5) is 9.18 Å². The lowest BCUT2D eigenvalue weighted by Crippen LogP contribution is -2.34. The van der Waals surface area contributed by atoms with Crippen LogP contribution >= 0.6 is 0 Å². The lowest BCUT2D eigenvalue weighted by molar-refractivity contribution is -0.124. The van der Waals surface area contributed by atoms with E-state index in [2.05, 4.69) is 30.3 Å². The monoisotopic (exact) mass is 424 g/mol. The first kappa shape index (κ1) is 27.2. The molecule has 1 atom stereocenters. The number of carbonyl (C=O) groups excluding carboxylic acids is 2. The summed E-state index contributed by atoms with van der Waals surface area (Å²) >= 11 is 0. The van der Waals surface area contributed by atoms with E-state index in [0.29, 0.717) is 30.8 Å². The molecule has 0 aliphatic carbocycles. The van der Waals surface area contributed by atoms with Gasteiger partial charge in [0.2, 0.25) is 0 Å². The summed E-state index contributed by atoms with van der Waals surface area (Å²) in [4.78, 5) is 25.0. The third-order valence-corrected chi connectivity index (χ3v) is 3.65. The van der Waals surface area contributed by atoms with Crippen LogP contribution in [0.2, 0.25) is 0 Å². The van der Waals surface area contributed by atoms with Crippen molar-refractivity contribution in [3.8, 4) is 11.8 Å². The van der Waals surface area contributed by atoms with E-state index < -0.39 is 11.9 Å². The highest BCUT2D eigenvalue weighted by atomic mass is 19.1. The van der Waals surface area contributed by atoms with Crippen LogP contribution in [0.1, 0.15) is 34.1 Å². The van der Waals surface area contributed by atoms with E-state index in [9.17, 15) is 14.0 Å². The van der Waals surface area contributed by atoms with Crippen LogP contribution in [-0.2, 0) is 19.0 Å². The minimum absolute atomic E-state index is 0.211. The van der Waals surface area contributed by atoms with E-state index in [1.54, 1.807) is 18.7 Å². The van der Waals surface area contributed by atoms with Gasteiger partial charge in [0.05, 0.1) is 19.8 Å². The molecule has 168 valence electrons. The number of halogens is 1. The third kappa shape index (κ3) is 11.9. The molecule has 2 amide bonds. The molecule has 8 heteroatoms. The second-order valence-corrected chi connectivity index (χ2v) is 6.07. The van der Waals surface area contributed by atoms with Crippen LogP contribution in [0.5, 0.6) is 0 Å². The Hall–Kier alpha value is -2.79. The first-order chi connectivity index (χ1) is 14.3. The molecule has 1 N–H and O–H groups in total. The van der Waals surface area contributed by atoms with Crippen LogP contribution in [0, 0.1) is 11.8 Å². The second kappa shape index (κ2) is 16.1. The van der Waals surface area contributed by atoms with Gasteiger partial charge in [0, 0.05) is 25.6 Å². The van der Waals surface area contributed by atoms with Gasteiger partial charge in [-0.15, -0.1) is 0 Å². The molecule has 7 nitrogen and oxygen atoms in total. The number of rotatable bonds is 10. The molecule has 0 radical (unpaired) electrons. The van der Waals surface area contributed by atoms with Crippen molar-refractivity contribution in [3.63, 3.8) is 0 Å². The Balaban J connectivity index is 0.00000407. The average Bonchev–Trinajstić information content (AvgIpc) is 3.16. The normalized spacial score (nSPS) is 15.2. The maximum atomic E-state index is 12.8. The van der Waals surface area contributed by atoms with Gasteiger partial charge in [0.15, 0.2) is 0 Å². The first-order valence-corrected chi connectivity index (χ1v) is 9.92. The fourth-order valence-corrected chi connectivity index (χ4v) is 2.36. The molecule has 0 bridgehead atoms. The number of allylic oxidation sites excluding steroid dienone is 3. The van der Waals surface area contributed by atoms with Crippen molar-refractivity contribution in [2.45, 2.75) is 40.2 Å². The van der Waals surface area contributed by atoms with Gasteiger partial charge < -0.3 is 24.4 Å². The van der Waals surface area contributed by atoms with E-state index >= 15 is 0 Å². The lowest BCUT2D eigenvalue weighted by Gasteiger charge is -2.14. The molecular formula is C22H33FN2O5. The van der Waals surface area contributed by atoms with E-state index in [1.165, 1.54) is 0 Å². The molecule has 1 aliphatic heterocycles. The molecule has 1 unspecified atom stereocenters. The summed E-state index contributed by atoms with van der Waals surface area (Å²) in [6, 6.07) is 0. The molecule has 1 heterocycles. The molecule has 1 fully saturated rings. The number of nitrogens with zero attached hydrogens (tertiary/aromatic N) is 1. The summed E-state index contributed by atoms with van der Waals surface area (Å²) < 4.78 is 28.8. The number of carbonyl (C=O) groups is 2. The van der Waals surface area contributed by atoms with Crippen molar-refractivity contribution in [1.29, 1.82) is 0 Å². The maximum absolute atomic E-state index is 12.8. The number of nitrogens with one attached hydrogen (secondary N) is 1. The molecule has 0 aromatic carbocycles. The molecule has 0 saturated carbocycles. The predicted molar refractivity (Wildman–Crippen MR) is 114 cm³/mol. The fourth-order valence-electron chi connectivity index (χ4n) is 2.36. The molecular weight excluding hydrogens is 391 g/mol. The minimum Gasteiger partial charge on any atom is -0.491 e. The Morgan fingerprint density at radius 3 is 2.57 bits per heavy atom. The summed E-state index contributed by atoms with van der Waals surface area (Å²) in [5.41, 5.74) is 0.581. The zero-order chi connectivity index (χ0) is 22.9. The van der Waals surface area contributed by atoms with Gasteiger partial charge >= 0.3 is 6.09 Å². The van der Waals surface area contributed by atoms with E-state index in [-0.39, 0.29) is 38.4 Å².